The van der Waals surface area contributed by atoms with E-state index in [4.69, 9.17) is 15.2 Å². The summed E-state index contributed by atoms with van der Waals surface area (Å²) in [6.07, 6.45) is 0.650. The van der Waals surface area contributed by atoms with Crippen molar-refractivity contribution >= 4 is 23.2 Å². The molecule has 9 nitrogen and oxygen atoms in total. The van der Waals surface area contributed by atoms with Crippen LogP contribution in [0.25, 0.3) is 10.6 Å². The van der Waals surface area contributed by atoms with E-state index >= 15 is 0 Å². The lowest BCUT2D eigenvalue weighted by Crippen LogP contribution is -2.46. The summed E-state index contributed by atoms with van der Waals surface area (Å²) in [6, 6.07) is 21.8. The summed E-state index contributed by atoms with van der Waals surface area (Å²) >= 11 is 1.38. The largest absolute Gasteiger partial charge is 0.488 e. The first-order valence-electron chi connectivity index (χ1n) is 13.2. The maximum atomic E-state index is 12.7. The molecule has 0 bridgehead atoms. The summed E-state index contributed by atoms with van der Waals surface area (Å²) in [6.45, 7) is 3.73. The van der Waals surface area contributed by atoms with Crippen molar-refractivity contribution in [1.29, 1.82) is 0 Å². The van der Waals surface area contributed by atoms with Gasteiger partial charge in [0.05, 0.1) is 28.4 Å². The molecular formula is C31H34N4O5S. The molecule has 0 saturated heterocycles. The Morgan fingerprint density at radius 3 is 2.51 bits per heavy atom. The highest BCUT2D eigenvalue weighted by Crippen LogP contribution is 2.34. The van der Waals surface area contributed by atoms with E-state index in [1.165, 1.54) is 11.3 Å². The second-order valence-electron chi connectivity index (χ2n) is 10.2. The summed E-state index contributed by atoms with van der Waals surface area (Å²) in [4.78, 5) is 34.0. The van der Waals surface area contributed by atoms with Crippen molar-refractivity contribution in [2.24, 2.45) is 11.1 Å². The number of benzene rings is 2. The number of nitrogens with zero attached hydrogens (tertiary/aromatic N) is 2. The van der Waals surface area contributed by atoms with Gasteiger partial charge in [-0.1, -0.05) is 48.5 Å². The van der Waals surface area contributed by atoms with Gasteiger partial charge < -0.3 is 25.6 Å². The molecule has 4 aromatic rings. The predicted octanol–water partition coefficient (Wildman–Crippen LogP) is 4.42. The van der Waals surface area contributed by atoms with Gasteiger partial charge in [-0.05, 0) is 50.1 Å². The summed E-state index contributed by atoms with van der Waals surface area (Å²) < 4.78 is 11.4. The van der Waals surface area contributed by atoms with Crippen molar-refractivity contribution in [3.05, 3.63) is 101 Å². The Balaban J connectivity index is 1.28. The van der Waals surface area contributed by atoms with Gasteiger partial charge in [-0.15, -0.1) is 11.3 Å². The van der Waals surface area contributed by atoms with Crippen molar-refractivity contribution in [1.82, 2.24) is 15.3 Å². The highest BCUT2D eigenvalue weighted by atomic mass is 32.1. The molecule has 2 atom stereocenters. The lowest BCUT2D eigenvalue weighted by Gasteiger charge is -2.25. The molecule has 0 aliphatic heterocycles. The molecule has 0 aliphatic rings. The van der Waals surface area contributed by atoms with Crippen LogP contribution in [0.2, 0.25) is 0 Å². The molecule has 2 heterocycles. The van der Waals surface area contributed by atoms with Crippen LogP contribution >= 0.6 is 11.3 Å². The van der Waals surface area contributed by atoms with E-state index in [2.05, 4.69) is 15.3 Å². The number of rotatable bonds is 13. The van der Waals surface area contributed by atoms with Gasteiger partial charge in [0.2, 0.25) is 5.91 Å². The van der Waals surface area contributed by atoms with E-state index in [1.54, 1.807) is 37.6 Å². The standard InChI is InChI=1S/C31H34N4O5S/c1-31(2,30(38)40-19-22-12-8-9-15-33-22)16-24(32)28(37)34-17-26(36)25-20-41-29(35-25)23-13-6-7-14-27(23)39-18-21-10-4-3-5-11-21/h3-15,20,24,26,36H,16-19,32H2,1-2H3,(H,34,37)/t24-,26?/m0/s1. The van der Waals surface area contributed by atoms with Crippen LogP contribution in [0.5, 0.6) is 5.75 Å². The lowest BCUT2D eigenvalue weighted by atomic mass is 9.85. The van der Waals surface area contributed by atoms with Crippen LogP contribution in [0.3, 0.4) is 0 Å². The first-order chi connectivity index (χ1) is 19.7. The maximum absolute atomic E-state index is 12.7. The summed E-state index contributed by atoms with van der Waals surface area (Å²) in [5.41, 5.74) is 8.02. The Morgan fingerprint density at radius 1 is 1.02 bits per heavy atom. The molecule has 4 N–H and O–H groups in total. The Labute approximate surface area is 243 Å². The fraction of sp³-hybridized carbons (Fsp3) is 0.290. The van der Waals surface area contributed by atoms with Gasteiger partial charge in [-0.3, -0.25) is 14.6 Å². The van der Waals surface area contributed by atoms with Crippen molar-refractivity contribution in [2.75, 3.05) is 6.54 Å². The molecule has 1 amide bonds. The molecule has 10 heteroatoms. The third kappa shape index (κ3) is 8.43. The Bertz CT molecular complexity index is 1430. The molecule has 1 unspecified atom stereocenters. The third-order valence-electron chi connectivity index (χ3n) is 6.38. The fourth-order valence-corrected chi connectivity index (χ4v) is 4.94. The van der Waals surface area contributed by atoms with Crippen molar-refractivity contribution < 1.29 is 24.2 Å². The number of para-hydroxylation sites is 1. The number of amides is 1. The molecule has 4 rings (SSSR count). The van der Waals surface area contributed by atoms with Gasteiger partial charge in [0, 0.05) is 18.1 Å². The molecule has 2 aromatic heterocycles. The predicted molar refractivity (Wildman–Crippen MR) is 157 cm³/mol. The number of nitrogens with one attached hydrogen (secondary N) is 1. The van der Waals surface area contributed by atoms with Gasteiger partial charge in [0.25, 0.3) is 0 Å². The zero-order valence-electron chi connectivity index (χ0n) is 23.0. The molecule has 0 spiro atoms. The maximum Gasteiger partial charge on any atom is 0.311 e. The van der Waals surface area contributed by atoms with Crippen LogP contribution < -0.4 is 15.8 Å². The van der Waals surface area contributed by atoms with E-state index in [1.807, 2.05) is 60.7 Å². The number of esters is 1. The average molecular weight is 575 g/mol. The zero-order chi connectivity index (χ0) is 29.2. The number of carbonyl (C=O) groups excluding carboxylic acids is 2. The van der Waals surface area contributed by atoms with Crippen molar-refractivity contribution in [2.45, 2.75) is 45.6 Å². The number of hydrogen-bond acceptors (Lipinski definition) is 9. The number of nitrogens with two attached hydrogens (primary N) is 1. The molecule has 41 heavy (non-hydrogen) atoms. The summed E-state index contributed by atoms with van der Waals surface area (Å²) in [5, 5.41) is 15.8. The van der Waals surface area contributed by atoms with Crippen molar-refractivity contribution in [3.8, 4) is 16.3 Å². The van der Waals surface area contributed by atoms with Gasteiger partial charge in [-0.2, -0.15) is 0 Å². The second kappa shape index (κ2) is 14.0. The minimum atomic E-state index is -1.04. The Morgan fingerprint density at radius 2 is 1.76 bits per heavy atom. The second-order valence-corrected chi connectivity index (χ2v) is 11.1. The summed E-state index contributed by atoms with van der Waals surface area (Å²) in [7, 11) is 0. The number of aliphatic hydroxyl groups is 1. The molecule has 0 radical (unpaired) electrons. The van der Waals surface area contributed by atoms with Gasteiger partial charge in [0.15, 0.2) is 0 Å². The number of pyridine rings is 1. The van der Waals surface area contributed by atoms with Crippen LogP contribution in [-0.2, 0) is 27.5 Å². The van der Waals surface area contributed by atoms with E-state index in [0.717, 1.165) is 11.1 Å². The number of ether oxygens (including phenoxy) is 2. The molecule has 214 valence electrons. The van der Waals surface area contributed by atoms with E-state index in [0.29, 0.717) is 28.8 Å². The van der Waals surface area contributed by atoms with E-state index in [9.17, 15) is 14.7 Å². The summed E-state index contributed by atoms with van der Waals surface area (Å²) in [5.74, 6) is -0.272. The van der Waals surface area contributed by atoms with E-state index < -0.39 is 29.4 Å². The topological polar surface area (TPSA) is 137 Å². The van der Waals surface area contributed by atoms with Crippen LogP contribution in [0, 0.1) is 5.41 Å². The number of thiazole rings is 1. The van der Waals surface area contributed by atoms with Crippen LogP contribution in [0.4, 0.5) is 0 Å². The van der Waals surface area contributed by atoms with Crippen LogP contribution in [-0.4, -0.2) is 39.5 Å². The average Bonchev–Trinajstić information content (AvgIpc) is 3.49. The number of aromatic nitrogens is 2. The molecular weight excluding hydrogens is 540 g/mol. The van der Waals surface area contributed by atoms with E-state index in [-0.39, 0.29) is 19.6 Å². The Kier molecular flexibility index (Phi) is 10.2. The zero-order valence-corrected chi connectivity index (χ0v) is 23.8. The SMILES string of the molecule is CC(C)(C[C@H](N)C(=O)NCC(O)c1csc(-c2ccccc2OCc2ccccc2)n1)C(=O)OCc1ccccn1. The number of carbonyl (C=O) groups is 2. The normalized spacial score (nSPS) is 12.8. The fourth-order valence-electron chi connectivity index (χ4n) is 4.04. The first kappa shape index (κ1) is 29.9. The minimum Gasteiger partial charge on any atom is -0.488 e. The van der Waals surface area contributed by atoms with Gasteiger partial charge in [0.1, 0.15) is 30.1 Å². The minimum absolute atomic E-state index is 0.0377. The molecule has 0 fully saturated rings. The quantitative estimate of drug-likeness (QED) is 0.200. The lowest BCUT2D eigenvalue weighted by molar-refractivity contribution is -0.156. The monoisotopic (exact) mass is 574 g/mol. The molecule has 2 aromatic carbocycles. The van der Waals surface area contributed by atoms with Gasteiger partial charge in [-0.25, -0.2) is 4.98 Å². The first-order valence-corrected chi connectivity index (χ1v) is 14.1. The van der Waals surface area contributed by atoms with Crippen LogP contribution in [0.15, 0.2) is 84.4 Å². The third-order valence-corrected chi connectivity index (χ3v) is 7.28. The molecule has 0 saturated carbocycles. The number of hydrogen-bond donors (Lipinski definition) is 3. The smallest absolute Gasteiger partial charge is 0.311 e. The highest BCUT2D eigenvalue weighted by Gasteiger charge is 2.34. The molecule has 0 aliphatic carbocycles. The Hall–Kier alpha value is -4.12. The number of aliphatic hydroxyl groups excluding tert-OH is 1. The highest BCUT2D eigenvalue weighted by molar-refractivity contribution is 7.13. The van der Waals surface area contributed by atoms with Crippen molar-refractivity contribution in [3.63, 3.8) is 0 Å². The van der Waals surface area contributed by atoms with Gasteiger partial charge >= 0.3 is 5.97 Å². The van der Waals surface area contributed by atoms with Crippen LogP contribution in [0.1, 0.15) is 43.3 Å².